The topological polar surface area (TPSA) is 78.4 Å². The number of amides is 2. The second-order valence-corrected chi connectivity index (χ2v) is 4.07. The van der Waals surface area contributed by atoms with Gasteiger partial charge in [-0.2, -0.15) is 0 Å². The van der Waals surface area contributed by atoms with Gasteiger partial charge in [-0.3, -0.25) is 4.79 Å². The van der Waals surface area contributed by atoms with E-state index in [1.54, 1.807) is 0 Å². The number of carbonyl (C=O) groups excluding carboxylic acids is 1. The van der Waals surface area contributed by atoms with Gasteiger partial charge in [0.2, 0.25) is 0 Å². The lowest BCUT2D eigenvalue weighted by Crippen LogP contribution is -2.51. The number of nitrogens with one attached hydrogen (secondary N) is 2. The van der Waals surface area contributed by atoms with Crippen molar-refractivity contribution in [2.75, 3.05) is 0 Å². The van der Waals surface area contributed by atoms with Crippen molar-refractivity contribution in [1.82, 2.24) is 10.6 Å². The van der Waals surface area contributed by atoms with E-state index in [0.29, 0.717) is 17.8 Å². The van der Waals surface area contributed by atoms with Gasteiger partial charge in [0.25, 0.3) is 0 Å². The van der Waals surface area contributed by atoms with Gasteiger partial charge >= 0.3 is 12.0 Å². The molecule has 1 heterocycles. The van der Waals surface area contributed by atoms with Crippen molar-refractivity contribution in [2.24, 2.45) is 5.92 Å². The van der Waals surface area contributed by atoms with Crippen molar-refractivity contribution in [3.05, 3.63) is 0 Å². The van der Waals surface area contributed by atoms with E-state index in [-0.39, 0.29) is 6.03 Å². The highest BCUT2D eigenvalue weighted by Crippen LogP contribution is 2.38. The molecule has 0 radical (unpaired) electrons. The van der Waals surface area contributed by atoms with Gasteiger partial charge in [-0.1, -0.05) is 12.2 Å². The molecule has 1 aliphatic heterocycles. The van der Waals surface area contributed by atoms with E-state index in [4.69, 9.17) is 17.3 Å². The summed E-state index contributed by atoms with van der Waals surface area (Å²) < 4.78 is 0. The summed E-state index contributed by atoms with van der Waals surface area (Å²) in [6, 6.07) is -0.386. The van der Waals surface area contributed by atoms with Gasteiger partial charge in [-0.25, -0.2) is 4.79 Å². The zero-order valence-corrected chi connectivity index (χ0v) is 8.19. The molecule has 0 bridgehead atoms. The number of aliphatic carboxylic acids is 1. The van der Waals surface area contributed by atoms with Crippen LogP contribution in [0.3, 0.4) is 0 Å². The first-order valence-corrected chi connectivity index (χ1v) is 4.83. The molecule has 2 atom stereocenters. The first-order chi connectivity index (χ1) is 6.56. The van der Waals surface area contributed by atoms with Gasteiger partial charge in [0, 0.05) is 0 Å². The number of carboxylic acids is 1. The quantitative estimate of drug-likeness (QED) is 0.547. The van der Waals surface area contributed by atoms with E-state index in [0.717, 1.165) is 6.42 Å². The summed E-state index contributed by atoms with van der Waals surface area (Å²) in [7, 11) is 0. The molecule has 0 aromatic heterocycles. The molecule has 1 spiro atoms. The van der Waals surface area contributed by atoms with E-state index >= 15 is 0 Å². The summed E-state index contributed by atoms with van der Waals surface area (Å²) in [6.07, 6.45) is 1.96. The number of thiocarbonyl (C=S) groups is 1. The average Bonchev–Trinajstić information content (AvgIpc) is 2.59. The maximum atomic E-state index is 11.1. The molecule has 2 aliphatic rings. The molecule has 3 N–H and O–H groups in total. The predicted octanol–water partition coefficient (Wildman–Crippen LogP) is 0.250. The molecule has 2 unspecified atom stereocenters. The van der Waals surface area contributed by atoms with Crippen LogP contribution in [0.1, 0.15) is 19.3 Å². The van der Waals surface area contributed by atoms with Crippen LogP contribution in [0.4, 0.5) is 4.79 Å². The normalized spacial score (nSPS) is 35.9. The Hall–Kier alpha value is -1.17. The molecule has 2 rings (SSSR count). The first-order valence-electron chi connectivity index (χ1n) is 4.43. The molecule has 0 aromatic carbocycles. The van der Waals surface area contributed by atoms with Crippen LogP contribution in [-0.4, -0.2) is 27.6 Å². The zero-order valence-electron chi connectivity index (χ0n) is 7.37. The molecular formula is C8H10N2O3S. The standard InChI is InChI=1S/C8H10N2O3S/c11-5(12)4-2-1-3-8(4)6(14)9-7(13)10-8/h4H,1-3H2,(H,11,12)(H2,9,10,13,14). The maximum absolute atomic E-state index is 11.1. The number of rotatable bonds is 1. The number of urea groups is 1. The lowest BCUT2D eigenvalue weighted by Gasteiger charge is -2.26. The summed E-state index contributed by atoms with van der Waals surface area (Å²) in [5.41, 5.74) is -0.821. The van der Waals surface area contributed by atoms with Gasteiger partial charge in [0.15, 0.2) is 0 Å². The molecule has 2 fully saturated rings. The van der Waals surface area contributed by atoms with Crippen LogP contribution in [0.5, 0.6) is 0 Å². The molecule has 2 amide bonds. The Bertz CT molecular complexity index is 331. The van der Waals surface area contributed by atoms with E-state index in [1.807, 2.05) is 0 Å². The second kappa shape index (κ2) is 2.91. The van der Waals surface area contributed by atoms with Gasteiger partial charge in [0.05, 0.1) is 5.92 Å². The lowest BCUT2D eigenvalue weighted by molar-refractivity contribution is -0.142. The molecule has 5 nitrogen and oxygen atoms in total. The lowest BCUT2D eigenvalue weighted by atomic mass is 9.88. The average molecular weight is 214 g/mol. The highest BCUT2D eigenvalue weighted by atomic mass is 32.1. The Morgan fingerprint density at radius 2 is 2.36 bits per heavy atom. The number of carbonyl (C=O) groups is 2. The van der Waals surface area contributed by atoms with Crippen LogP contribution in [-0.2, 0) is 4.79 Å². The molecular weight excluding hydrogens is 204 g/mol. The number of carboxylic acid groups (broad SMARTS) is 1. The number of hydrogen-bond acceptors (Lipinski definition) is 3. The van der Waals surface area contributed by atoms with Crippen molar-refractivity contribution in [3.8, 4) is 0 Å². The van der Waals surface area contributed by atoms with Crippen LogP contribution >= 0.6 is 12.2 Å². The molecule has 1 saturated heterocycles. The van der Waals surface area contributed by atoms with E-state index in [1.165, 1.54) is 0 Å². The van der Waals surface area contributed by atoms with Crippen molar-refractivity contribution in [2.45, 2.75) is 24.8 Å². The van der Waals surface area contributed by atoms with Crippen molar-refractivity contribution < 1.29 is 14.7 Å². The van der Waals surface area contributed by atoms with Crippen molar-refractivity contribution >= 4 is 29.2 Å². The van der Waals surface area contributed by atoms with Gasteiger partial charge < -0.3 is 15.7 Å². The van der Waals surface area contributed by atoms with Crippen LogP contribution < -0.4 is 10.6 Å². The van der Waals surface area contributed by atoms with Gasteiger partial charge in [-0.05, 0) is 19.3 Å². The Morgan fingerprint density at radius 3 is 2.86 bits per heavy atom. The fourth-order valence-electron chi connectivity index (χ4n) is 2.27. The Balaban J connectivity index is 2.34. The fourth-order valence-corrected chi connectivity index (χ4v) is 2.65. The monoisotopic (exact) mass is 214 g/mol. The Morgan fingerprint density at radius 1 is 1.64 bits per heavy atom. The fraction of sp³-hybridized carbons (Fsp3) is 0.625. The largest absolute Gasteiger partial charge is 0.481 e. The van der Waals surface area contributed by atoms with Crippen LogP contribution in [0.2, 0.25) is 0 Å². The molecule has 6 heteroatoms. The second-order valence-electron chi connectivity index (χ2n) is 3.66. The Kier molecular flexibility index (Phi) is 1.95. The summed E-state index contributed by atoms with van der Waals surface area (Å²) in [6.45, 7) is 0. The first kappa shape index (κ1) is 9.39. The van der Waals surface area contributed by atoms with E-state index in [9.17, 15) is 9.59 Å². The number of hydrogen-bond donors (Lipinski definition) is 3. The van der Waals surface area contributed by atoms with Gasteiger partial charge in [0.1, 0.15) is 10.5 Å². The third kappa shape index (κ3) is 1.10. The SMILES string of the molecule is O=C1NC(=S)C2(CCCC2C(=O)O)N1. The molecule has 1 saturated carbocycles. The molecule has 14 heavy (non-hydrogen) atoms. The Labute approximate surface area is 85.9 Å². The van der Waals surface area contributed by atoms with Crippen LogP contribution in [0.25, 0.3) is 0 Å². The molecule has 76 valence electrons. The zero-order chi connectivity index (χ0) is 10.3. The smallest absolute Gasteiger partial charge is 0.320 e. The van der Waals surface area contributed by atoms with Crippen LogP contribution in [0, 0.1) is 5.92 Å². The summed E-state index contributed by atoms with van der Waals surface area (Å²) in [5.74, 6) is -1.48. The van der Waals surface area contributed by atoms with Crippen LogP contribution in [0.15, 0.2) is 0 Å². The van der Waals surface area contributed by atoms with E-state index < -0.39 is 17.4 Å². The van der Waals surface area contributed by atoms with E-state index in [2.05, 4.69) is 10.6 Å². The minimum absolute atomic E-state index is 0.326. The highest BCUT2D eigenvalue weighted by molar-refractivity contribution is 7.80. The predicted molar refractivity (Wildman–Crippen MR) is 52.0 cm³/mol. The summed E-state index contributed by atoms with van der Waals surface area (Å²) >= 11 is 5.01. The highest BCUT2D eigenvalue weighted by Gasteiger charge is 2.54. The van der Waals surface area contributed by atoms with Crippen molar-refractivity contribution in [3.63, 3.8) is 0 Å². The third-order valence-corrected chi connectivity index (χ3v) is 3.39. The summed E-state index contributed by atoms with van der Waals surface area (Å²) in [4.78, 5) is 22.4. The summed E-state index contributed by atoms with van der Waals surface area (Å²) in [5, 5.41) is 14.1. The van der Waals surface area contributed by atoms with Crippen molar-refractivity contribution in [1.29, 1.82) is 0 Å². The minimum atomic E-state index is -0.895. The maximum Gasteiger partial charge on any atom is 0.320 e. The van der Waals surface area contributed by atoms with Gasteiger partial charge in [-0.15, -0.1) is 0 Å². The minimum Gasteiger partial charge on any atom is -0.481 e. The molecule has 0 aromatic rings. The third-order valence-electron chi connectivity index (χ3n) is 2.93. The molecule has 1 aliphatic carbocycles.